The average molecular weight is 477 g/mol. The molecule has 160 valence electrons. The van der Waals surface area contributed by atoms with Gasteiger partial charge >= 0.3 is 6.09 Å². The van der Waals surface area contributed by atoms with Gasteiger partial charge in [-0.15, -0.1) is 0 Å². The van der Waals surface area contributed by atoms with E-state index in [1.807, 2.05) is 19.1 Å². The Balaban J connectivity index is 1.64. The summed E-state index contributed by atoms with van der Waals surface area (Å²) in [5.41, 5.74) is 1.33. The van der Waals surface area contributed by atoms with Gasteiger partial charge in [-0.25, -0.2) is 4.79 Å². The highest BCUT2D eigenvalue weighted by molar-refractivity contribution is 9.10. The molecule has 3 rings (SSSR count). The Kier molecular flexibility index (Phi) is 6.55. The van der Waals surface area contributed by atoms with Crippen LogP contribution in [0.15, 0.2) is 40.9 Å². The molecular weight excluding hydrogens is 452 g/mol. The Morgan fingerprint density at radius 2 is 1.67 bits per heavy atom. The van der Waals surface area contributed by atoms with Crippen LogP contribution >= 0.6 is 15.9 Å². The van der Waals surface area contributed by atoms with Crippen molar-refractivity contribution in [2.45, 2.75) is 39.3 Å². The van der Waals surface area contributed by atoms with E-state index in [0.717, 1.165) is 10.0 Å². The number of nitrogens with one attached hydrogen (secondary N) is 2. The fourth-order valence-corrected chi connectivity index (χ4v) is 3.56. The lowest BCUT2D eigenvalue weighted by Gasteiger charge is -2.22. The fraction of sp³-hybridized carbons (Fsp3) is 0.364. The van der Waals surface area contributed by atoms with Crippen LogP contribution in [0, 0.1) is 0 Å². The Hall–Kier alpha value is -2.74. The van der Waals surface area contributed by atoms with Crippen LogP contribution in [0.25, 0.3) is 0 Å². The summed E-state index contributed by atoms with van der Waals surface area (Å²) in [7, 11) is 0. The van der Waals surface area contributed by atoms with Gasteiger partial charge in [-0.3, -0.25) is 10.1 Å². The average Bonchev–Trinajstić information content (AvgIpc) is 2.66. The van der Waals surface area contributed by atoms with Crippen molar-refractivity contribution in [2.24, 2.45) is 0 Å². The van der Waals surface area contributed by atoms with Crippen molar-refractivity contribution in [1.82, 2.24) is 5.32 Å². The molecule has 2 N–H and O–H groups in total. The van der Waals surface area contributed by atoms with Gasteiger partial charge in [0, 0.05) is 15.7 Å². The van der Waals surface area contributed by atoms with E-state index in [4.69, 9.17) is 14.2 Å². The molecule has 2 aromatic rings. The molecule has 0 saturated heterocycles. The summed E-state index contributed by atoms with van der Waals surface area (Å²) in [5.74, 6) is 1.12. The van der Waals surface area contributed by atoms with Crippen LogP contribution in [-0.4, -0.2) is 30.8 Å². The number of benzene rings is 2. The van der Waals surface area contributed by atoms with E-state index in [-0.39, 0.29) is 11.9 Å². The van der Waals surface area contributed by atoms with Crippen molar-refractivity contribution < 1.29 is 23.8 Å². The number of fused-ring (bicyclic) bond motifs is 1. The molecule has 0 spiro atoms. The Bertz CT molecular complexity index is 938. The molecule has 0 radical (unpaired) electrons. The Morgan fingerprint density at radius 1 is 1.07 bits per heavy atom. The van der Waals surface area contributed by atoms with Crippen molar-refractivity contribution in [3.63, 3.8) is 0 Å². The minimum atomic E-state index is -0.581. The summed E-state index contributed by atoms with van der Waals surface area (Å²) in [4.78, 5) is 24.5. The van der Waals surface area contributed by atoms with Crippen molar-refractivity contribution in [3.8, 4) is 11.5 Å². The van der Waals surface area contributed by atoms with Gasteiger partial charge in [-0.2, -0.15) is 0 Å². The predicted octanol–water partition coefficient (Wildman–Crippen LogP) is 5.06. The van der Waals surface area contributed by atoms with Crippen LogP contribution in [0.5, 0.6) is 11.5 Å². The minimum absolute atomic E-state index is 0.229. The highest BCUT2D eigenvalue weighted by atomic mass is 79.9. The first-order valence-electron chi connectivity index (χ1n) is 9.62. The topological polar surface area (TPSA) is 85.9 Å². The van der Waals surface area contributed by atoms with Crippen LogP contribution in [0.2, 0.25) is 0 Å². The number of anilines is 1. The van der Waals surface area contributed by atoms with E-state index in [1.54, 1.807) is 45.0 Å². The Morgan fingerprint density at radius 3 is 2.27 bits per heavy atom. The molecule has 1 atom stereocenters. The second kappa shape index (κ2) is 8.95. The number of rotatable bonds is 4. The molecule has 0 saturated carbocycles. The lowest BCUT2D eigenvalue weighted by atomic mass is 10.1. The van der Waals surface area contributed by atoms with E-state index in [1.165, 1.54) is 0 Å². The van der Waals surface area contributed by atoms with Crippen molar-refractivity contribution in [1.29, 1.82) is 0 Å². The number of amides is 2. The second-order valence-corrected chi connectivity index (χ2v) is 8.77. The monoisotopic (exact) mass is 476 g/mol. The maximum atomic E-state index is 12.7. The summed E-state index contributed by atoms with van der Waals surface area (Å²) < 4.78 is 17.3. The van der Waals surface area contributed by atoms with Gasteiger partial charge in [-0.05, 0) is 69.7 Å². The Labute approximate surface area is 184 Å². The first kappa shape index (κ1) is 22.0. The molecule has 8 heteroatoms. The third kappa shape index (κ3) is 5.66. The smallest absolute Gasteiger partial charge is 0.412 e. The highest BCUT2D eigenvalue weighted by Gasteiger charge is 2.20. The van der Waals surface area contributed by atoms with Gasteiger partial charge in [0.1, 0.15) is 18.8 Å². The molecule has 0 bridgehead atoms. The molecular formula is C22H25BrN2O5. The zero-order valence-electron chi connectivity index (χ0n) is 17.4. The highest BCUT2D eigenvalue weighted by Crippen LogP contribution is 2.37. The van der Waals surface area contributed by atoms with E-state index >= 15 is 0 Å². The fourth-order valence-electron chi connectivity index (χ4n) is 2.90. The van der Waals surface area contributed by atoms with E-state index in [2.05, 4.69) is 26.6 Å². The van der Waals surface area contributed by atoms with Crippen LogP contribution in [0.1, 0.15) is 49.7 Å². The summed E-state index contributed by atoms with van der Waals surface area (Å²) in [6, 6.07) is 10.1. The molecule has 1 heterocycles. The molecule has 1 aliphatic rings. The van der Waals surface area contributed by atoms with Crippen LogP contribution in [0.4, 0.5) is 10.5 Å². The van der Waals surface area contributed by atoms with Gasteiger partial charge in [0.25, 0.3) is 5.91 Å². The van der Waals surface area contributed by atoms with Gasteiger partial charge in [-0.1, -0.05) is 15.9 Å². The standard InChI is InChI=1S/C22H25BrN2O5/c1-13(16-11-18-19(12-17(16)23)29-10-9-28-18)24-20(26)14-5-7-15(8-6-14)25-21(27)30-22(2,3)4/h5-8,11-13H,9-10H2,1-4H3,(H,24,26)(H,25,27). The molecule has 2 aromatic carbocycles. The number of ether oxygens (including phenoxy) is 3. The first-order valence-corrected chi connectivity index (χ1v) is 10.4. The van der Waals surface area contributed by atoms with Crippen LogP contribution in [0.3, 0.4) is 0 Å². The lowest BCUT2D eigenvalue weighted by molar-refractivity contribution is 0.0635. The van der Waals surface area contributed by atoms with Crippen molar-refractivity contribution >= 4 is 33.6 Å². The zero-order chi connectivity index (χ0) is 21.9. The van der Waals surface area contributed by atoms with Crippen molar-refractivity contribution in [2.75, 3.05) is 18.5 Å². The van der Waals surface area contributed by atoms with Crippen molar-refractivity contribution in [3.05, 3.63) is 52.0 Å². The molecule has 2 amide bonds. The van der Waals surface area contributed by atoms with E-state index in [9.17, 15) is 9.59 Å². The summed E-state index contributed by atoms with van der Waals surface area (Å²) in [6.07, 6.45) is -0.545. The summed E-state index contributed by atoms with van der Waals surface area (Å²) >= 11 is 3.54. The van der Waals surface area contributed by atoms with Gasteiger partial charge in [0.15, 0.2) is 11.5 Å². The normalized spacial score (nSPS) is 13.9. The number of hydrogen-bond acceptors (Lipinski definition) is 5. The number of carbonyl (C=O) groups is 2. The zero-order valence-corrected chi connectivity index (χ0v) is 19.0. The molecule has 1 aliphatic heterocycles. The lowest BCUT2D eigenvalue weighted by Crippen LogP contribution is -2.28. The van der Waals surface area contributed by atoms with Gasteiger partial charge in [0.2, 0.25) is 0 Å². The SMILES string of the molecule is CC(NC(=O)c1ccc(NC(=O)OC(C)(C)C)cc1)c1cc2c(cc1Br)OCCO2. The number of carbonyl (C=O) groups excluding carboxylic acids is 2. The molecule has 0 aromatic heterocycles. The molecule has 7 nitrogen and oxygen atoms in total. The van der Waals surface area contributed by atoms with E-state index < -0.39 is 11.7 Å². The molecule has 0 fully saturated rings. The predicted molar refractivity (Wildman–Crippen MR) is 117 cm³/mol. The van der Waals surface area contributed by atoms with Gasteiger partial charge < -0.3 is 19.5 Å². The number of hydrogen-bond donors (Lipinski definition) is 2. The molecule has 1 unspecified atom stereocenters. The quantitative estimate of drug-likeness (QED) is 0.643. The molecule has 30 heavy (non-hydrogen) atoms. The first-order chi connectivity index (χ1) is 14.1. The van der Waals surface area contributed by atoms with Crippen LogP contribution in [-0.2, 0) is 4.74 Å². The van der Waals surface area contributed by atoms with Gasteiger partial charge in [0.05, 0.1) is 6.04 Å². The maximum absolute atomic E-state index is 12.7. The number of halogens is 1. The summed E-state index contributed by atoms with van der Waals surface area (Å²) in [5, 5.41) is 5.62. The summed E-state index contributed by atoms with van der Waals surface area (Å²) in [6.45, 7) is 8.29. The third-order valence-corrected chi connectivity index (χ3v) is 4.95. The van der Waals surface area contributed by atoms with Crippen LogP contribution < -0.4 is 20.1 Å². The second-order valence-electron chi connectivity index (χ2n) is 7.92. The minimum Gasteiger partial charge on any atom is -0.486 e. The maximum Gasteiger partial charge on any atom is 0.412 e. The largest absolute Gasteiger partial charge is 0.486 e. The third-order valence-electron chi connectivity index (χ3n) is 4.27. The van der Waals surface area contributed by atoms with E-state index in [0.29, 0.717) is 36.0 Å². The molecule has 0 aliphatic carbocycles.